The predicted molar refractivity (Wildman–Crippen MR) is 164 cm³/mol. The molecular weight excluding hydrogens is 623 g/mol. The first-order chi connectivity index (χ1) is 21.8. The topological polar surface area (TPSA) is 142 Å². The molecule has 2 atom stereocenters. The minimum atomic E-state index is -5.30. The molecule has 1 aliphatic heterocycles. The Labute approximate surface area is 263 Å². The maximum absolute atomic E-state index is 14.9. The summed E-state index contributed by atoms with van der Waals surface area (Å²) in [4.78, 5) is 30.2. The third-order valence-electron chi connectivity index (χ3n) is 8.74. The molecule has 7 rings (SSSR count). The van der Waals surface area contributed by atoms with Gasteiger partial charge in [0.25, 0.3) is 5.91 Å². The second-order valence-electron chi connectivity index (χ2n) is 11.9. The van der Waals surface area contributed by atoms with Crippen LogP contribution in [0.15, 0.2) is 54.0 Å². The number of hydrogen-bond acceptors (Lipinski definition) is 8. The average molecular weight is 652 g/mol. The lowest BCUT2D eigenvalue weighted by Gasteiger charge is -2.31. The molecule has 0 saturated heterocycles. The van der Waals surface area contributed by atoms with Crippen LogP contribution in [0.25, 0.3) is 32.2 Å². The van der Waals surface area contributed by atoms with E-state index in [0.717, 1.165) is 23.6 Å². The van der Waals surface area contributed by atoms with Gasteiger partial charge in [-0.3, -0.25) is 14.3 Å². The number of nitrogens with zero attached hydrogens (tertiary/aromatic N) is 3. The number of hydrogen-bond donors (Lipinski definition) is 3. The molecule has 5 aromatic rings. The number of ether oxygens (including phenoxy) is 2. The highest BCUT2D eigenvalue weighted by Crippen LogP contribution is 2.49. The summed E-state index contributed by atoms with van der Waals surface area (Å²) in [5.74, 6) is -1.30. The van der Waals surface area contributed by atoms with E-state index in [9.17, 15) is 27.9 Å². The number of amides is 2. The molecule has 0 spiro atoms. The van der Waals surface area contributed by atoms with Crippen LogP contribution in [0.2, 0.25) is 0 Å². The van der Waals surface area contributed by atoms with Crippen LogP contribution in [0.5, 0.6) is 11.5 Å². The number of nitrogens with two attached hydrogens (primary N) is 1. The van der Waals surface area contributed by atoms with Gasteiger partial charge in [-0.05, 0) is 44.0 Å². The van der Waals surface area contributed by atoms with Crippen molar-refractivity contribution in [1.29, 1.82) is 0 Å². The van der Waals surface area contributed by atoms with Gasteiger partial charge in [0, 0.05) is 43.7 Å². The highest BCUT2D eigenvalue weighted by molar-refractivity contribution is 7.17. The Morgan fingerprint density at radius 1 is 1.24 bits per heavy atom. The zero-order chi connectivity index (χ0) is 32.6. The van der Waals surface area contributed by atoms with Crippen molar-refractivity contribution in [2.24, 2.45) is 5.73 Å². The van der Waals surface area contributed by atoms with Crippen LogP contribution < -0.4 is 20.5 Å². The summed E-state index contributed by atoms with van der Waals surface area (Å²) in [6.45, 7) is -0.0365. The lowest BCUT2D eigenvalue weighted by atomic mass is 9.81. The molecule has 3 aromatic heterocycles. The molecule has 4 N–H and O–H groups in total. The van der Waals surface area contributed by atoms with Gasteiger partial charge in [0.05, 0.1) is 25.4 Å². The number of pyridine rings is 1. The molecule has 1 aliphatic carbocycles. The standard InChI is InChI=1S/C32H28F3N5O5S/c1-30(29(36)42)15-45-27-21(30)11-24(38-26(27)20-13-46-23-6-4-3-5-19(20)23)31(43,32(33,34)35)14-37-28(41)16-9-17-12-40(18-7-8-18)39-25(17)22(10-16)44-2/h3-6,9-13,18,43H,7-8,14-15H2,1-2H3,(H2,36,42)(H,37,41)/t30-,31?/m0/s1. The number of nitrogens with one attached hydrogen (secondary N) is 1. The zero-order valence-corrected chi connectivity index (χ0v) is 25.5. The molecule has 238 valence electrons. The number of halogens is 3. The SMILES string of the molecule is COc1cc(C(=O)NCC(O)(c2cc3c(c(-c4csc5ccccc45)n2)OC[C@]3(C)C(N)=O)C(F)(F)F)cc2cn(C3CC3)nc12. The molecule has 2 aromatic carbocycles. The number of rotatable bonds is 8. The Bertz CT molecular complexity index is 2060. The van der Waals surface area contributed by atoms with Gasteiger partial charge >= 0.3 is 6.18 Å². The Kier molecular flexibility index (Phi) is 6.79. The number of benzene rings is 2. The number of carbonyl (C=O) groups excluding carboxylic acids is 2. The smallest absolute Gasteiger partial charge is 0.424 e. The minimum absolute atomic E-state index is 0.0197. The van der Waals surface area contributed by atoms with E-state index in [1.54, 1.807) is 28.4 Å². The monoisotopic (exact) mass is 651 g/mol. The summed E-state index contributed by atoms with van der Waals surface area (Å²) >= 11 is 1.36. The van der Waals surface area contributed by atoms with Crippen molar-refractivity contribution < 1.29 is 37.3 Å². The van der Waals surface area contributed by atoms with Gasteiger partial charge in [0.1, 0.15) is 34.7 Å². The van der Waals surface area contributed by atoms with Crippen LogP contribution in [-0.4, -0.2) is 58.1 Å². The van der Waals surface area contributed by atoms with E-state index in [4.69, 9.17) is 15.2 Å². The number of aromatic nitrogens is 3. The van der Waals surface area contributed by atoms with E-state index in [2.05, 4.69) is 15.4 Å². The fraction of sp³-hybridized carbons (Fsp3) is 0.312. The lowest BCUT2D eigenvalue weighted by molar-refractivity contribution is -0.265. The molecule has 0 radical (unpaired) electrons. The minimum Gasteiger partial charge on any atom is -0.494 e. The van der Waals surface area contributed by atoms with Gasteiger partial charge in [0.15, 0.2) is 0 Å². The first-order valence-corrected chi connectivity index (χ1v) is 15.3. The largest absolute Gasteiger partial charge is 0.494 e. The van der Waals surface area contributed by atoms with E-state index < -0.39 is 41.2 Å². The van der Waals surface area contributed by atoms with Crippen LogP contribution in [0.1, 0.15) is 47.4 Å². The van der Waals surface area contributed by atoms with E-state index >= 15 is 0 Å². The fourth-order valence-corrected chi connectivity index (χ4v) is 6.67. The molecule has 0 bridgehead atoms. The summed E-state index contributed by atoms with van der Waals surface area (Å²) in [7, 11) is 1.41. The lowest BCUT2D eigenvalue weighted by Crippen LogP contribution is -2.51. The van der Waals surface area contributed by atoms with Crippen LogP contribution >= 0.6 is 11.3 Å². The van der Waals surface area contributed by atoms with Gasteiger partial charge in [0.2, 0.25) is 11.5 Å². The number of alkyl halides is 3. The molecule has 1 fully saturated rings. The molecule has 2 amide bonds. The summed E-state index contributed by atoms with van der Waals surface area (Å²) in [5, 5.41) is 21.2. The number of carbonyl (C=O) groups is 2. The molecule has 2 aliphatic rings. The normalized spacial score (nSPS) is 19.1. The molecule has 1 saturated carbocycles. The molecule has 14 heteroatoms. The van der Waals surface area contributed by atoms with Crippen molar-refractivity contribution in [3.8, 4) is 22.8 Å². The second kappa shape index (κ2) is 10.4. The van der Waals surface area contributed by atoms with E-state index in [1.165, 1.54) is 37.5 Å². The number of thiophene rings is 1. The summed E-state index contributed by atoms with van der Waals surface area (Å²) in [6, 6.07) is 11.4. The average Bonchev–Trinajstić information content (AvgIpc) is 3.49. The van der Waals surface area contributed by atoms with Crippen molar-refractivity contribution in [1.82, 2.24) is 20.1 Å². The predicted octanol–water partition coefficient (Wildman–Crippen LogP) is 4.97. The quantitative estimate of drug-likeness (QED) is 0.215. The van der Waals surface area contributed by atoms with Gasteiger partial charge in [-0.2, -0.15) is 18.3 Å². The van der Waals surface area contributed by atoms with Gasteiger partial charge in [-0.15, -0.1) is 11.3 Å². The van der Waals surface area contributed by atoms with E-state index in [1.807, 2.05) is 12.1 Å². The third-order valence-corrected chi connectivity index (χ3v) is 9.71. The second-order valence-corrected chi connectivity index (χ2v) is 12.8. The zero-order valence-electron chi connectivity index (χ0n) is 24.6. The molecule has 10 nitrogen and oxygen atoms in total. The number of methoxy groups -OCH3 is 1. The summed E-state index contributed by atoms with van der Waals surface area (Å²) in [6.07, 6.45) is -1.58. The summed E-state index contributed by atoms with van der Waals surface area (Å²) in [5.41, 5.74) is 0.812. The van der Waals surface area contributed by atoms with Crippen LogP contribution in [-0.2, 0) is 15.8 Å². The van der Waals surface area contributed by atoms with Crippen molar-refractivity contribution in [2.45, 2.75) is 43.0 Å². The van der Waals surface area contributed by atoms with Crippen molar-refractivity contribution in [3.05, 3.63) is 70.9 Å². The van der Waals surface area contributed by atoms with Gasteiger partial charge in [-0.25, -0.2) is 4.98 Å². The van der Waals surface area contributed by atoms with Crippen molar-refractivity contribution in [2.75, 3.05) is 20.3 Å². The van der Waals surface area contributed by atoms with E-state index in [0.29, 0.717) is 21.9 Å². The molecule has 1 unspecified atom stereocenters. The molecular formula is C32H28F3N5O5S. The highest BCUT2D eigenvalue weighted by Gasteiger charge is 2.57. The third kappa shape index (κ3) is 4.66. The highest BCUT2D eigenvalue weighted by atomic mass is 32.1. The Morgan fingerprint density at radius 2 is 2.00 bits per heavy atom. The van der Waals surface area contributed by atoms with Gasteiger partial charge in [-0.1, -0.05) is 18.2 Å². The Morgan fingerprint density at radius 3 is 2.70 bits per heavy atom. The fourth-order valence-electron chi connectivity index (χ4n) is 5.72. The summed E-state index contributed by atoms with van der Waals surface area (Å²) < 4.78 is 58.6. The van der Waals surface area contributed by atoms with Crippen molar-refractivity contribution >= 4 is 44.1 Å². The number of aliphatic hydroxyl groups is 1. The van der Waals surface area contributed by atoms with Crippen LogP contribution in [0.4, 0.5) is 13.2 Å². The van der Waals surface area contributed by atoms with Crippen molar-refractivity contribution in [3.63, 3.8) is 0 Å². The number of fused-ring (bicyclic) bond motifs is 3. The van der Waals surface area contributed by atoms with Gasteiger partial charge < -0.3 is 25.6 Å². The first kappa shape index (κ1) is 30.0. The van der Waals surface area contributed by atoms with E-state index in [-0.39, 0.29) is 41.0 Å². The van der Waals surface area contributed by atoms with Crippen LogP contribution in [0.3, 0.4) is 0 Å². The Hall–Kier alpha value is -4.69. The molecule has 46 heavy (non-hydrogen) atoms. The Balaban J connectivity index is 1.30. The maximum atomic E-state index is 14.9. The first-order valence-electron chi connectivity index (χ1n) is 14.4. The van der Waals surface area contributed by atoms with Crippen LogP contribution in [0, 0.1) is 0 Å². The molecule has 4 heterocycles. The number of primary amides is 1. The maximum Gasteiger partial charge on any atom is 0.424 e.